The molecule has 0 saturated carbocycles. The number of aliphatic hydroxyl groups is 4. The van der Waals surface area contributed by atoms with E-state index >= 15 is 0 Å². The Morgan fingerprint density at radius 1 is 0.429 bits per heavy atom. The molecule has 0 aromatic carbocycles. The van der Waals surface area contributed by atoms with E-state index in [4.69, 9.17) is 20.4 Å². The summed E-state index contributed by atoms with van der Waals surface area (Å²) in [7, 11) is 0. The summed E-state index contributed by atoms with van der Waals surface area (Å²) >= 11 is 0. The minimum absolute atomic E-state index is 0. The van der Waals surface area contributed by atoms with Crippen LogP contribution in [0.2, 0.25) is 0 Å². The van der Waals surface area contributed by atoms with Gasteiger partial charge in [0.25, 0.3) is 0 Å². The predicted octanol–water partition coefficient (Wildman–Crippen LogP) is 3.12. The van der Waals surface area contributed by atoms with Gasteiger partial charge in [0.2, 0.25) is 0 Å². The molecule has 0 unspecified atom stereocenters. The number of hydrogen-bond donors (Lipinski definition) is 4. The van der Waals surface area contributed by atoms with E-state index in [0.717, 1.165) is 51.4 Å². The van der Waals surface area contributed by atoms with Crippen LogP contribution in [-0.4, -0.2) is 46.9 Å². The van der Waals surface area contributed by atoms with Crippen molar-refractivity contribution in [2.24, 2.45) is 0 Å². The fourth-order valence-corrected chi connectivity index (χ4v) is 0.632. The van der Waals surface area contributed by atoms with Crippen molar-refractivity contribution in [1.29, 1.82) is 0 Å². The van der Waals surface area contributed by atoms with Crippen molar-refractivity contribution in [3.8, 4) is 0 Å². The van der Waals surface area contributed by atoms with Crippen LogP contribution in [0.1, 0.15) is 79.1 Å². The van der Waals surface area contributed by atoms with Gasteiger partial charge < -0.3 is 20.4 Å². The SMILES string of the molecule is CCCCO.CCCCO.CCCCO.CCCCO.[La]. The van der Waals surface area contributed by atoms with Crippen molar-refractivity contribution in [2.75, 3.05) is 26.4 Å². The van der Waals surface area contributed by atoms with E-state index in [9.17, 15) is 0 Å². The number of aliphatic hydroxyl groups excluding tert-OH is 4. The Balaban J connectivity index is -0.0000000533. The molecule has 0 fully saturated rings. The first-order valence-electron chi connectivity index (χ1n) is 8.09. The molecule has 4 N–H and O–H groups in total. The van der Waals surface area contributed by atoms with Crippen molar-refractivity contribution in [3.63, 3.8) is 0 Å². The first-order valence-corrected chi connectivity index (χ1v) is 8.09. The van der Waals surface area contributed by atoms with Crippen LogP contribution in [0.15, 0.2) is 0 Å². The minimum Gasteiger partial charge on any atom is -0.396 e. The van der Waals surface area contributed by atoms with Crippen LogP contribution in [-0.2, 0) is 0 Å². The van der Waals surface area contributed by atoms with Crippen LogP contribution in [0.25, 0.3) is 0 Å². The summed E-state index contributed by atoms with van der Waals surface area (Å²) in [5.41, 5.74) is 0. The van der Waals surface area contributed by atoms with Crippen molar-refractivity contribution in [2.45, 2.75) is 79.1 Å². The van der Waals surface area contributed by atoms with E-state index in [-0.39, 0.29) is 35.6 Å². The topological polar surface area (TPSA) is 80.9 Å². The quantitative estimate of drug-likeness (QED) is 0.472. The predicted molar refractivity (Wildman–Crippen MR) is 88.0 cm³/mol. The van der Waals surface area contributed by atoms with Crippen LogP contribution < -0.4 is 0 Å². The third-order valence-corrected chi connectivity index (χ3v) is 2.05. The van der Waals surface area contributed by atoms with Gasteiger partial charge in [-0.2, -0.15) is 0 Å². The smallest absolute Gasteiger partial charge is 0.0430 e. The second-order valence-electron chi connectivity index (χ2n) is 4.31. The molecule has 0 saturated heterocycles. The monoisotopic (exact) mass is 435 g/mol. The maximum atomic E-state index is 8.07. The summed E-state index contributed by atoms with van der Waals surface area (Å²) in [6, 6.07) is 0. The molecule has 131 valence electrons. The molecule has 21 heavy (non-hydrogen) atoms. The number of unbranched alkanes of at least 4 members (excludes halogenated alkanes) is 4. The zero-order valence-electron chi connectivity index (χ0n) is 14.9. The molecule has 0 aliphatic carbocycles. The second-order valence-corrected chi connectivity index (χ2v) is 4.31. The van der Waals surface area contributed by atoms with Gasteiger partial charge in [0, 0.05) is 62.0 Å². The summed E-state index contributed by atoms with van der Waals surface area (Å²) in [5, 5.41) is 32.3. The van der Waals surface area contributed by atoms with Crippen molar-refractivity contribution < 1.29 is 56.0 Å². The molecule has 0 aromatic heterocycles. The molecule has 0 bridgehead atoms. The first-order chi connectivity index (χ1) is 9.66. The summed E-state index contributed by atoms with van der Waals surface area (Å²) in [6.07, 6.45) is 8.15. The summed E-state index contributed by atoms with van der Waals surface area (Å²) in [4.78, 5) is 0. The van der Waals surface area contributed by atoms with Crippen LogP contribution in [0.3, 0.4) is 0 Å². The van der Waals surface area contributed by atoms with Gasteiger partial charge in [-0.05, 0) is 25.7 Å². The Hall–Kier alpha value is 1.03. The van der Waals surface area contributed by atoms with Crippen molar-refractivity contribution in [1.82, 2.24) is 0 Å². The average molecular weight is 435 g/mol. The van der Waals surface area contributed by atoms with Gasteiger partial charge in [-0.15, -0.1) is 0 Å². The Labute approximate surface area is 161 Å². The maximum Gasteiger partial charge on any atom is 0.0430 e. The Morgan fingerprint density at radius 3 is 0.571 bits per heavy atom. The zero-order chi connectivity index (χ0) is 16.5. The van der Waals surface area contributed by atoms with Crippen LogP contribution in [0, 0.1) is 35.6 Å². The Kier molecular flexibility index (Phi) is 79.5. The second kappa shape index (κ2) is 49.7. The van der Waals surface area contributed by atoms with E-state index in [0.29, 0.717) is 26.4 Å². The molecule has 0 aliphatic heterocycles. The van der Waals surface area contributed by atoms with Crippen molar-refractivity contribution in [3.05, 3.63) is 0 Å². The molecule has 0 amide bonds. The van der Waals surface area contributed by atoms with E-state index in [2.05, 4.69) is 27.7 Å². The molecule has 0 aliphatic rings. The molecule has 0 aromatic rings. The Morgan fingerprint density at radius 2 is 0.571 bits per heavy atom. The van der Waals surface area contributed by atoms with Crippen molar-refractivity contribution >= 4 is 0 Å². The summed E-state index contributed by atoms with van der Waals surface area (Å²) in [5.74, 6) is 0. The fourth-order valence-electron chi connectivity index (χ4n) is 0.632. The molecule has 0 spiro atoms. The zero-order valence-corrected chi connectivity index (χ0v) is 18.5. The third-order valence-electron chi connectivity index (χ3n) is 2.05. The average Bonchev–Trinajstić information content (AvgIpc) is 2.44. The fraction of sp³-hybridized carbons (Fsp3) is 1.00. The van der Waals surface area contributed by atoms with Gasteiger partial charge in [0.15, 0.2) is 0 Å². The van der Waals surface area contributed by atoms with Gasteiger partial charge in [-0.1, -0.05) is 53.4 Å². The van der Waals surface area contributed by atoms with Gasteiger partial charge in [0.1, 0.15) is 0 Å². The first kappa shape index (κ1) is 33.6. The molecular formula is C16H40LaO4. The van der Waals surface area contributed by atoms with E-state index in [1.54, 1.807) is 0 Å². The molecule has 0 heterocycles. The van der Waals surface area contributed by atoms with E-state index in [1.165, 1.54) is 0 Å². The normalized spacial score (nSPS) is 8.00. The molecule has 1 radical (unpaired) electrons. The number of hydrogen-bond acceptors (Lipinski definition) is 4. The summed E-state index contributed by atoms with van der Waals surface area (Å²) in [6.45, 7) is 9.58. The molecular weight excluding hydrogens is 395 g/mol. The van der Waals surface area contributed by atoms with Crippen LogP contribution in [0.4, 0.5) is 0 Å². The summed E-state index contributed by atoms with van der Waals surface area (Å²) < 4.78 is 0. The van der Waals surface area contributed by atoms with Gasteiger partial charge in [0.05, 0.1) is 0 Å². The molecule has 4 nitrogen and oxygen atoms in total. The largest absolute Gasteiger partial charge is 0.396 e. The van der Waals surface area contributed by atoms with Crippen LogP contribution >= 0.6 is 0 Å². The van der Waals surface area contributed by atoms with Gasteiger partial charge >= 0.3 is 0 Å². The van der Waals surface area contributed by atoms with Gasteiger partial charge in [-0.3, -0.25) is 0 Å². The van der Waals surface area contributed by atoms with Crippen LogP contribution in [0.5, 0.6) is 0 Å². The standard InChI is InChI=1S/4C4H10O.La/c4*1-2-3-4-5;/h4*5H,2-4H2,1H3;. The Bertz CT molecular complexity index is 74.3. The van der Waals surface area contributed by atoms with E-state index < -0.39 is 0 Å². The maximum absolute atomic E-state index is 8.07. The van der Waals surface area contributed by atoms with Gasteiger partial charge in [-0.25, -0.2) is 0 Å². The van der Waals surface area contributed by atoms with E-state index in [1.807, 2.05) is 0 Å². The minimum atomic E-state index is 0. The molecule has 0 rings (SSSR count). The third kappa shape index (κ3) is 93.4. The number of rotatable bonds is 8. The molecule has 5 heteroatoms. The molecule has 0 atom stereocenters.